The van der Waals surface area contributed by atoms with Crippen LogP contribution < -0.4 is 33.3 Å². The molecule has 3 aromatic carbocycles. The first-order valence-electron chi connectivity index (χ1n) is 12.3. The fourth-order valence-corrected chi connectivity index (χ4v) is 4.63. The molecule has 39 heavy (non-hydrogen) atoms. The van der Waals surface area contributed by atoms with Gasteiger partial charge in [-0.2, -0.15) is 0 Å². The predicted octanol–water partition coefficient (Wildman–Crippen LogP) is 5.29. The Morgan fingerprint density at radius 1 is 0.590 bits per heavy atom. The summed E-state index contributed by atoms with van der Waals surface area (Å²) in [6.45, 7) is 0.873. The van der Waals surface area contributed by atoms with Crippen LogP contribution in [0.4, 0.5) is 5.69 Å². The van der Waals surface area contributed by atoms with Crippen LogP contribution in [0, 0.1) is 0 Å². The average Bonchev–Trinajstić information content (AvgIpc) is 2.98. The van der Waals surface area contributed by atoms with Crippen molar-refractivity contribution in [1.29, 1.82) is 0 Å². The summed E-state index contributed by atoms with van der Waals surface area (Å²) in [7, 11) is 9.37. The number of carbonyl (C=O) groups is 1. The van der Waals surface area contributed by atoms with Crippen molar-refractivity contribution in [3.63, 3.8) is 0 Å². The molecule has 3 aromatic rings. The van der Waals surface area contributed by atoms with E-state index in [1.165, 1.54) is 0 Å². The lowest BCUT2D eigenvalue weighted by molar-refractivity contribution is -0.112. The van der Waals surface area contributed by atoms with Gasteiger partial charge in [-0.1, -0.05) is 18.2 Å². The lowest BCUT2D eigenvalue weighted by atomic mass is 9.93. The van der Waals surface area contributed by atoms with Crippen molar-refractivity contribution in [2.45, 2.75) is 0 Å². The van der Waals surface area contributed by atoms with Crippen molar-refractivity contribution in [3.05, 3.63) is 76.9 Å². The van der Waals surface area contributed by atoms with Gasteiger partial charge in [-0.15, -0.1) is 0 Å². The highest BCUT2D eigenvalue weighted by Crippen LogP contribution is 2.40. The van der Waals surface area contributed by atoms with E-state index in [4.69, 9.17) is 28.4 Å². The molecule has 0 saturated carbocycles. The maximum absolute atomic E-state index is 13.8. The number of carbonyl (C=O) groups excluding carboxylic acids is 1. The Balaban J connectivity index is 1.82. The molecule has 8 nitrogen and oxygen atoms in total. The number of ether oxygens (including phenoxy) is 6. The summed E-state index contributed by atoms with van der Waals surface area (Å²) in [5, 5.41) is 0. The topological polar surface area (TPSA) is 75.7 Å². The highest BCUT2D eigenvalue weighted by molar-refractivity contribution is 6.15. The van der Waals surface area contributed by atoms with E-state index in [2.05, 4.69) is 4.90 Å². The van der Waals surface area contributed by atoms with Gasteiger partial charge in [0, 0.05) is 29.9 Å². The van der Waals surface area contributed by atoms with E-state index in [9.17, 15) is 4.79 Å². The van der Waals surface area contributed by atoms with E-state index in [0.717, 1.165) is 16.8 Å². The molecule has 1 heterocycles. The molecule has 1 saturated heterocycles. The molecule has 0 atom stereocenters. The number of anilines is 1. The summed E-state index contributed by atoms with van der Waals surface area (Å²) in [5.74, 6) is 2.99. The predicted molar refractivity (Wildman–Crippen MR) is 152 cm³/mol. The molecular formula is C31H33NO7. The minimum atomic E-state index is -0.0512. The second kappa shape index (κ2) is 12.3. The number of para-hydroxylation sites is 1. The van der Waals surface area contributed by atoms with Crippen LogP contribution in [0.3, 0.4) is 0 Å². The monoisotopic (exact) mass is 531 g/mol. The molecule has 0 N–H and O–H groups in total. The van der Waals surface area contributed by atoms with E-state index in [1.54, 1.807) is 42.7 Å². The van der Waals surface area contributed by atoms with Crippen LogP contribution in [0.5, 0.6) is 34.5 Å². The Kier molecular flexibility index (Phi) is 8.66. The van der Waals surface area contributed by atoms with Crippen LogP contribution in [0.2, 0.25) is 0 Å². The fraction of sp³-hybridized carbons (Fsp3) is 0.258. The van der Waals surface area contributed by atoms with Crippen LogP contribution >= 0.6 is 0 Å². The van der Waals surface area contributed by atoms with Crippen LogP contribution in [-0.4, -0.2) is 61.5 Å². The van der Waals surface area contributed by atoms with Gasteiger partial charge >= 0.3 is 0 Å². The van der Waals surface area contributed by atoms with Crippen LogP contribution in [0.15, 0.2) is 65.7 Å². The molecule has 0 spiro atoms. The SMILES string of the molecule is COc1cc(/C=C2/CN(c3ccccc3)C/C(=C\c3cc(OC)c(OC)c(OC)c3)C2=O)cc(OC)c1OC. The molecule has 0 radical (unpaired) electrons. The first-order chi connectivity index (χ1) is 19.0. The number of benzene rings is 3. The summed E-state index contributed by atoms with van der Waals surface area (Å²) in [6.07, 6.45) is 3.73. The minimum absolute atomic E-state index is 0.0512. The van der Waals surface area contributed by atoms with Crippen molar-refractivity contribution >= 4 is 23.6 Å². The maximum atomic E-state index is 13.8. The minimum Gasteiger partial charge on any atom is -0.493 e. The molecular weight excluding hydrogens is 498 g/mol. The smallest absolute Gasteiger partial charge is 0.203 e. The second-order valence-electron chi connectivity index (χ2n) is 8.78. The molecule has 0 bridgehead atoms. The van der Waals surface area contributed by atoms with Gasteiger partial charge in [0.15, 0.2) is 28.8 Å². The number of methoxy groups -OCH3 is 6. The van der Waals surface area contributed by atoms with Crippen LogP contribution in [0.25, 0.3) is 12.2 Å². The molecule has 204 valence electrons. The van der Waals surface area contributed by atoms with E-state index in [-0.39, 0.29) is 5.78 Å². The molecule has 1 aliphatic rings. The highest BCUT2D eigenvalue weighted by Gasteiger charge is 2.27. The third kappa shape index (κ3) is 5.80. The van der Waals surface area contributed by atoms with Gasteiger partial charge in [0.25, 0.3) is 0 Å². The normalized spacial score (nSPS) is 15.3. The van der Waals surface area contributed by atoms with Crippen LogP contribution in [0.1, 0.15) is 11.1 Å². The first kappa shape index (κ1) is 27.4. The van der Waals surface area contributed by atoms with Gasteiger partial charge in [0.1, 0.15) is 0 Å². The third-order valence-corrected chi connectivity index (χ3v) is 6.48. The zero-order valence-electron chi connectivity index (χ0n) is 23.1. The van der Waals surface area contributed by atoms with E-state index < -0.39 is 0 Å². The second-order valence-corrected chi connectivity index (χ2v) is 8.78. The van der Waals surface area contributed by atoms with Gasteiger partial charge in [-0.05, 0) is 59.7 Å². The summed E-state index contributed by atoms with van der Waals surface area (Å²) in [4.78, 5) is 16.0. The molecule has 0 aromatic heterocycles. The van der Waals surface area contributed by atoms with Gasteiger partial charge in [0.2, 0.25) is 11.5 Å². The Bertz CT molecular complexity index is 1260. The molecule has 1 aliphatic heterocycles. The summed E-state index contributed by atoms with van der Waals surface area (Å²) < 4.78 is 33.0. The fourth-order valence-electron chi connectivity index (χ4n) is 4.63. The van der Waals surface area contributed by atoms with Crippen molar-refractivity contribution in [2.75, 3.05) is 60.6 Å². The standard InChI is InChI=1S/C31H33NO7/c1-34-25-14-20(15-26(35-2)30(25)38-5)12-22-18-32(24-10-8-7-9-11-24)19-23(29(22)33)13-21-16-27(36-3)31(39-6)28(17-21)37-4/h7-17H,18-19H2,1-6H3/b22-12-,23-13+. The quantitative estimate of drug-likeness (QED) is 0.345. The van der Waals surface area contributed by atoms with Crippen LogP contribution in [-0.2, 0) is 4.79 Å². The summed E-state index contributed by atoms with van der Waals surface area (Å²) >= 11 is 0. The highest BCUT2D eigenvalue weighted by atomic mass is 16.5. The van der Waals surface area contributed by atoms with Crippen molar-refractivity contribution in [3.8, 4) is 34.5 Å². The number of nitrogens with zero attached hydrogens (tertiary/aromatic N) is 1. The third-order valence-electron chi connectivity index (χ3n) is 6.48. The molecule has 0 unspecified atom stereocenters. The van der Waals surface area contributed by atoms with E-state index in [1.807, 2.05) is 66.7 Å². The van der Waals surface area contributed by atoms with Crippen molar-refractivity contribution in [2.24, 2.45) is 0 Å². The van der Waals surface area contributed by atoms with Gasteiger partial charge in [-0.25, -0.2) is 0 Å². The average molecular weight is 532 g/mol. The van der Waals surface area contributed by atoms with Gasteiger partial charge in [-0.3, -0.25) is 4.79 Å². The molecule has 4 rings (SSSR count). The Hall–Kier alpha value is -4.59. The summed E-state index contributed by atoms with van der Waals surface area (Å²) in [6, 6.07) is 17.3. The molecule has 1 fully saturated rings. The number of hydrogen-bond donors (Lipinski definition) is 0. The Morgan fingerprint density at radius 2 is 0.974 bits per heavy atom. The number of piperidine rings is 1. The van der Waals surface area contributed by atoms with Gasteiger partial charge in [0.05, 0.1) is 42.7 Å². The maximum Gasteiger partial charge on any atom is 0.203 e. The lowest BCUT2D eigenvalue weighted by Gasteiger charge is -2.32. The van der Waals surface area contributed by atoms with E-state index >= 15 is 0 Å². The number of Topliss-reactive ketones (excluding diaryl/α,β-unsaturated/α-hetero) is 1. The molecule has 0 aliphatic carbocycles. The molecule has 8 heteroatoms. The zero-order valence-corrected chi connectivity index (χ0v) is 23.1. The number of ketones is 1. The largest absolute Gasteiger partial charge is 0.493 e. The summed E-state index contributed by atoms with van der Waals surface area (Å²) in [5.41, 5.74) is 3.78. The Labute approximate surface area is 229 Å². The Morgan fingerprint density at radius 3 is 1.31 bits per heavy atom. The lowest BCUT2D eigenvalue weighted by Crippen LogP contribution is -2.37. The zero-order chi connectivity index (χ0) is 27.9. The molecule has 0 amide bonds. The first-order valence-corrected chi connectivity index (χ1v) is 12.3. The van der Waals surface area contributed by atoms with Crippen molar-refractivity contribution in [1.82, 2.24) is 0 Å². The number of rotatable bonds is 9. The number of hydrogen-bond acceptors (Lipinski definition) is 8. The van der Waals surface area contributed by atoms with Gasteiger partial charge < -0.3 is 33.3 Å². The van der Waals surface area contributed by atoms with E-state index in [0.29, 0.717) is 58.7 Å². The van der Waals surface area contributed by atoms with Crippen molar-refractivity contribution < 1.29 is 33.2 Å².